The van der Waals surface area contributed by atoms with E-state index in [1.54, 1.807) is 18.1 Å². The summed E-state index contributed by atoms with van der Waals surface area (Å²) in [7, 11) is 0. The molecule has 0 bridgehead atoms. The van der Waals surface area contributed by atoms with Gasteiger partial charge in [-0.05, 0) is 31.7 Å². The van der Waals surface area contributed by atoms with Crippen molar-refractivity contribution in [2.24, 2.45) is 0 Å². The predicted octanol–water partition coefficient (Wildman–Crippen LogP) is 3.85. The zero-order valence-electron chi connectivity index (χ0n) is 9.82. The summed E-state index contributed by atoms with van der Waals surface area (Å²) in [5, 5.41) is 2.45. The van der Waals surface area contributed by atoms with Crippen LogP contribution in [0.5, 0.6) is 0 Å². The molecule has 1 aliphatic carbocycles. The van der Waals surface area contributed by atoms with Crippen molar-refractivity contribution in [3.05, 3.63) is 28.9 Å². The van der Waals surface area contributed by atoms with Gasteiger partial charge in [0.2, 0.25) is 0 Å². The third kappa shape index (κ3) is 2.00. The highest BCUT2D eigenvalue weighted by molar-refractivity contribution is 7.99. The van der Waals surface area contributed by atoms with Gasteiger partial charge in [-0.2, -0.15) is 0 Å². The molecule has 2 aromatic heterocycles. The Morgan fingerprint density at radius 1 is 1.47 bits per heavy atom. The molecule has 0 spiro atoms. The standard InChI is InChI=1S/C13H14N2S2/c1-8(2)6-16-12-11-9-4-3-5-10(9)17-13(11)15-7-14-12/h7H,1,3-6H2,2H3. The highest BCUT2D eigenvalue weighted by atomic mass is 32.2. The molecule has 0 N–H and O–H groups in total. The molecular formula is C13H14N2S2. The Hall–Kier alpha value is -0.870. The molecule has 2 nitrogen and oxygen atoms in total. The van der Waals surface area contributed by atoms with Crippen LogP contribution in [-0.2, 0) is 12.8 Å². The van der Waals surface area contributed by atoms with Gasteiger partial charge in [-0.1, -0.05) is 12.2 Å². The predicted molar refractivity (Wildman–Crippen MR) is 75.0 cm³/mol. The summed E-state index contributed by atoms with van der Waals surface area (Å²) in [5.41, 5.74) is 2.70. The van der Waals surface area contributed by atoms with Crippen molar-refractivity contribution in [2.45, 2.75) is 31.2 Å². The van der Waals surface area contributed by atoms with E-state index in [1.807, 2.05) is 11.3 Å². The van der Waals surface area contributed by atoms with E-state index in [0.717, 1.165) is 15.6 Å². The number of rotatable bonds is 3. The van der Waals surface area contributed by atoms with Crippen molar-refractivity contribution in [3.8, 4) is 0 Å². The lowest BCUT2D eigenvalue weighted by Crippen LogP contribution is -1.88. The van der Waals surface area contributed by atoms with E-state index in [0.29, 0.717) is 0 Å². The van der Waals surface area contributed by atoms with Gasteiger partial charge in [0.15, 0.2) is 0 Å². The molecule has 1 aliphatic rings. The fourth-order valence-corrected chi connectivity index (χ4v) is 4.36. The molecule has 2 heterocycles. The monoisotopic (exact) mass is 262 g/mol. The summed E-state index contributed by atoms with van der Waals surface area (Å²) < 4.78 is 0. The lowest BCUT2D eigenvalue weighted by molar-refractivity contribution is 0.915. The summed E-state index contributed by atoms with van der Waals surface area (Å²) >= 11 is 3.63. The lowest BCUT2D eigenvalue weighted by atomic mass is 10.2. The molecule has 3 rings (SSSR count). The Kier molecular flexibility index (Phi) is 2.92. The maximum Gasteiger partial charge on any atom is 0.128 e. The normalized spacial score (nSPS) is 14.2. The number of thiophene rings is 1. The zero-order chi connectivity index (χ0) is 11.8. The molecular weight excluding hydrogens is 248 g/mol. The van der Waals surface area contributed by atoms with Gasteiger partial charge in [-0.15, -0.1) is 23.1 Å². The summed E-state index contributed by atoms with van der Waals surface area (Å²) in [6.45, 7) is 6.01. The van der Waals surface area contributed by atoms with E-state index >= 15 is 0 Å². The number of fused-ring (bicyclic) bond motifs is 3. The Morgan fingerprint density at radius 3 is 3.18 bits per heavy atom. The van der Waals surface area contributed by atoms with Gasteiger partial charge in [0.1, 0.15) is 16.2 Å². The second-order valence-electron chi connectivity index (χ2n) is 4.46. The van der Waals surface area contributed by atoms with Gasteiger partial charge in [-0.25, -0.2) is 9.97 Å². The van der Waals surface area contributed by atoms with Crippen LogP contribution in [0, 0.1) is 0 Å². The van der Waals surface area contributed by atoms with E-state index in [4.69, 9.17) is 0 Å². The molecule has 0 aliphatic heterocycles. The summed E-state index contributed by atoms with van der Waals surface area (Å²) in [4.78, 5) is 11.5. The molecule has 0 saturated carbocycles. The van der Waals surface area contributed by atoms with Crippen LogP contribution < -0.4 is 0 Å². The minimum atomic E-state index is 0.941. The Morgan fingerprint density at radius 2 is 2.35 bits per heavy atom. The SMILES string of the molecule is C=C(C)CSc1ncnc2sc3c(c12)CCC3. The summed E-state index contributed by atoms with van der Waals surface area (Å²) in [5.74, 6) is 0.941. The van der Waals surface area contributed by atoms with Gasteiger partial charge in [0, 0.05) is 16.0 Å². The molecule has 0 saturated heterocycles. The summed E-state index contributed by atoms with van der Waals surface area (Å²) in [6.07, 6.45) is 5.40. The number of hydrogen-bond donors (Lipinski definition) is 0. The van der Waals surface area contributed by atoms with Crippen molar-refractivity contribution in [1.29, 1.82) is 0 Å². The van der Waals surface area contributed by atoms with Crippen molar-refractivity contribution < 1.29 is 0 Å². The van der Waals surface area contributed by atoms with E-state index in [1.165, 1.54) is 40.7 Å². The quantitative estimate of drug-likeness (QED) is 0.477. The first-order chi connectivity index (χ1) is 8.25. The number of nitrogens with zero attached hydrogens (tertiary/aromatic N) is 2. The van der Waals surface area contributed by atoms with Gasteiger partial charge < -0.3 is 0 Å². The van der Waals surface area contributed by atoms with Crippen LogP contribution in [0.1, 0.15) is 23.8 Å². The molecule has 0 unspecified atom stereocenters. The van der Waals surface area contributed by atoms with Gasteiger partial charge in [-0.3, -0.25) is 0 Å². The Bertz CT molecular complexity index is 586. The average Bonchev–Trinajstić information content (AvgIpc) is 2.85. The summed E-state index contributed by atoms with van der Waals surface area (Å²) in [6, 6.07) is 0. The molecule has 0 fully saturated rings. The minimum Gasteiger partial charge on any atom is -0.229 e. The fourth-order valence-electron chi connectivity index (χ4n) is 2.20. The van der Waals surface area contributed by atoms with Crippen LogP contribution in [0.3, 0.4) is 0 Å². The van der Waals surface area contributed by atoms with Crippen LogP contribution in [-0.4, -0.2) is 15.7 Å². The maximum absolute atomic E-state index is 4.45. The van der Waals surface area contributed by atoms with Gasteiger partial charge in [0.05, 0.1) is 0 Å². The van der Waals surface area contributed by atoms with Gasteiger partial charge >= 0.3 is 0 Å². The van der Waals surface area contributed by atoms with Crippen LogP contribution in [0.2, 0.25) is 0 Å². The first-order valence-electron chi connectivity index (χ1n) is 5.78. The van der Waals surface area contributed by atoms with Crippen LogP contribution in [0.15, 0.2) is 23.5 Å². The third-order valence-electron chi connectivity index (χ3n) is 2.92. The van der Waals surface area contributed by atoms with Gasteiger partial charge in [0.25, 0.3) is 0 Å². The molecule has 17 heavy (non-hydrogen) atoms. The number of aryl methyl sites for hydroxylation is 2. The number of hydrogen-bond acceptors (Lipinski definition) is 4. The average molecular weight is 262 g/mol. The second-order valence-corrected chi connectivity index (χ2v) is 6.51. The minimum absolute atomic E-state index is 0.941. The number of thioether (sulfide) groups is 1. The molecule has 0 amide bonds. The first-order valence-corrected chi connectivity index (χ1v) is 7.58. The smallest absolute Gasteiger partial charge is 0.128 e. The number of aromatic nitrogens is 2. The molecule has 2 aromatic rings. The van der Waals surface area contributed by atoms with Crippen LogP contribution >= 0.6 is 23.1 Å². The fraction of sp³-hybridized carbons (Fsp3) is 0.385. The highest BCUT2D eigenvalue weighted by Crippen LogP contribution is 2.40. The molecule has 0 atom stereocenters. The van der Waals surface area contributed by atoms with Crippen molar-refractivity contribution >= 4 is 33.3 Å². The highest BCUT2D eigenvalue weighted by Gasteiger charge is 2.21. The second kappa shape index (κ2) is 4.42. The van der Waals surface area contributed by atoms with Crippen molar-refractivity contribution in [3.63, 3.8) is 0 Å². The maximum atomic E-state index is 4.45. The molecule has 88 valence electrons. The molecule has 0 aromatic carbocycles. The first kappa shape index (κ1) is 11.2. The zero-order valence-corrected chi connectivity index (χ0v) is 11.5. The van der Waals surface area contributed by atoms with E-state index in [9.17, 15) is 0 Å². The topological polar surface area (TPSA) is 25.8 Å². The van der Waals surface area contributed by atoms with Crippen LogP contribution in [0.25, 0.3) is 10.2 Å². The van der Waals surface area contributed by atoms with E-state index in [-0.39, 0.29) is 0 Å². The third-order valence-corrected chi connectivity index (χ3v) is 5.34. The Balaban J connectivity index is 2.08. The largest absolute Gasteiger partial charge is 0.229 e. The lowest BCUT2D eigenvalue weighted by Gasteiger charge is -2.03. The molecule has 4 heteroatoms. The Labute approximate surface area is 109 Å². The molecule has 0 radical (unpaired) electrons. The van der Waals surface area contributed by atoms with E-state index < -0.39 is 0 Å². The van der Waals surface area contributed by atoms with E-state index in [2.05, 4.69) is 23.5 Å². The van der Waals surface area contributed by atoms with Crippen LogP contribution in [0.4, 0.5) is 0 Å². The van der Waals surface area contributed by atoms with Crippen molar-refractivity contribution in [2.75, 3.05) is 5.75 Å². The van der Waals surface area contributed by atoms with Crippen molar-refractivity contribution in [1.82, 2.24) is 9.97 Å².